The first-order valence-electron chi connectivity index (χ1n) is 4.87. The van der Waals surface area contributed by atoms with Crippen molar-refractivity contribution >= 4 is 22.0 Å². The number of halogens is 1. The molecule has 1 spiro atoms. The van der Waals surface area contributed by atoms with Gasteiger partial charge in [0.1, 0.15) is 0 Å². The summed E-state index contributed by atoms with van der Waals surface area (Å²) in [5.41, 5.74) is 2.96. The third-order valence-electron chi connectivity index (χ3n) is 3.18. The maximum atomic E-state index is 5.51. The fraction of sp³-hybridized carbons (Fsp3) is 0.333. The zero-order chi connectivity index (χ0) is 9.60. The Morgan fingerprint density at radius 3 is 3.07 bits per heavy atom. The Bertz CT molecular complexity index is 403. The van der Waals surface area contributed by atoms with E-state index in [1.807, 2.05) is 0 Å². The fourth-order valence-electron chi connectivity index (χ4n) is 2.39. The number of hydrogen-bond donors (Lipinski definition) is 0. The van der Waals surface area contributed by atoms with Crippen LogP contribution in [0.25, 0.3) is 6.08 Å². The van der Waals surface area contributed by atoms with Crippen molar-refractivity contribution in [2.45, 2.75) is 11.8 Å². The Morgan fingerprint density at radius 2 is 2.29 bits per heavy atom. The lowest BCUT2D eigenvalue weighted by Crippen LogP contribution is -2.21. The van der Waals surface area contributed by atoms with Crippen LogP contribution in [0.1, 0.15) is 17.5 Å². The van der Waals surface area contributed by atoms with Gasteiger partial charge in [-0.1, -0.05) is 34.1 Å². The first-order valence-corrected chi connectivity index (χ1v) is 5.67. The molecule has 1 heterocycles. The summed E-state index contributed by atoms with van der Waals surface area (Å²) in [6, 6.07) is 6.51. The molecule has 14 heavy (non-hydrogen) atoms. The molecule has 0 saturated carbocycles. The van der Waals surface area contributed by atoms with Crippen molar-refractivity contribution in [1.82, 2.24) is 0 Å². The third-order valence-corrected chi connectivity index (χ3v) is 3.68. The number of benzene rings is 1. The van der Waals surface area contributed by atoms with E-state index in [2.05, 4.69) is 46.3 Å². The molecule has 1 unspecified atom stereocenters. The quantitative estimate of drug-likeness (QED) is 0.688. The van der Waals surface area contributed by atoms with E-state index in [9.17, 15) is 0 Å². The van der Waals surface area contributed by atoms with E-state index in [-0.39, 0.29) is 5.41 Å². The van der Waals surface area contributed by atoms with Crippen LogP contribution in [0.3, 0.4) is 0 Å². The van der Waals surface area contributed by atoms with Crippen molar-refractivity contribution in [3.05, 3.63) is 39.9 Å². The van der Waals surface area contributed by atoms with Gasteiger partial charge in [0.25, 0.3) is 0 Å². The molecule has 1 atom stereocenters. The molecule has 1 aliphatic carbocycles. The van der Waals surface area contributed by atoms with Gasteiger partial charge in [0, 0.05) is 16.5 Å². The first-order chi connectivity index (χ1) is 6.80. The molecule has 1 nitrogen and oxygen atoms in total. The number of hydrogen-bond acceptors (Lipinski definition) is 1. The standard InChI is InChI=1S/C12H11BrO/c13-10-1-2-11-9(7-10)3-4-12(11)5-6-14-8-12/h1-4,7H,5-6,8H2. The summed E-state index contributed by atoms with van der Waals surface area (Å²) in [6.07, 6.45) is 5.64. The maximum absolute atomic E-state index is 5.51. The van der Waals surface area contributed by atoms with E-state index in [4.69, 9.17) is 4.74 Å². The lowest BCUT2D eigenvalue weighted by atomic mass is 9.82. The van der Waals surface area contributed by atoms with Gasteiger partial charge in [-0.15, -0.1) is 0 Å². The van der Waals surface area contributed by atoms with Gasteiger partial charge >= 0.3 is 0 Å². The Balaban J connectivity index is 2.14. The topological polar surface area (TPSA) is 9.23 Å². The number of ether oxygens (including phenoxy) is 1. The summed E-state index contributed by atoms with van der Waals surface area (Å²) < 4.78 is 6.66. The molecule has 2 aliphatic rings. The molecule has 0 bridgehead atoms. The Morgan fingerprint density at radius 1 is 1.36 bits per heavy atom. The van der Waals surface area contributed by atoms with Gasteiger partial charge < -0.3 is 4.74 Å². The molecule has 0 aromatic heterocycles. The van der Waals surface area contributed by atoms with Gasteiger partial charge in [0.2, 0.25) is 0 Å². The molecule has 2 heteroatoms. The van der Waals surface area contributed by atoms with E-state index >= 15 is 0 Å². The van der Waals surface area contributed by atoms with Crippen LogP contribution in [-0.4, -0.2) is 13.2 Å². The molecule has 0 amide bonds. The van der Waals surface area contributed by atoms with Crippen LogP contribution in [0.4, 0.5) is 0 Å². The molecule has 72 valence electrons. The van der Waals surface area contributed by atoms with Gasteiger partial charge in [-0.25, -0.2) is 0 Å². The fourth-order valence-corrected chi connectivity index (χ4v) is 2.77. The smallest absolute Gasteiger partial charge is 0.0598 e. The predicted molar refractivity (Wildman–Crippen MR) is 60.3 cm³/mol. The summed E-state index contributed by atoms with van der Waals surface area (Å²) in [4.78, 5) is 0. The third kappa shape index (κ3) is 1.11. The van der Waals surface area contributed by atoms with Crippen LogP contribution >= 0.6 is 15.9 Å². The molecular weight excluding hydrogens is 240 g/mol. The minimum atomic E-state index is 0.191. The SMILES string of the molecule is Brc1ccc2c(c1)C=CC21CCOC1. The van der Waals surface area contributed by atoms with Gasteiger partial charge in [0.05, 0.1) is 6.61 Å². The van der Waals surface area contributed by atoms with Crippen molar-refractivity contribution in [3.63, 3.8) is 0 Å². The van der Waals surface area contributed by atoms with Crippen LogP contribution in [-0.2, 0) is 10.2 Å². The summed E-state index contributed by atoms with van der Waals surface area (Å²) in [5.74, 6) is 0. The highest BCUT2D eigenvalue weighted by molar-refractivity contribution is 9.10. The number of rotatable bonds is 0. The second-order valence-electron chi connectivity index (χ2n) is 4.02. The minimum Gasteiger partial charge on any atom is -0.380 e. The van der Waals surface area contributed by atoms with Crippen LogP contribution in [0.2, 0.25) is 0 Å². The van der Waals surface area contributed by atoms with E-state index < -0.39 is 0 Å². The lowest BCUT2D eigenvalue weighted by Gasteiger charge is -2.20. The van der Waals surface area contributed by atoms with Crippen LogP contribution in [0.15, 0.2) is 28.7 Å². The molecule has 0 radical (unpaired) electrons. The highest BCUT2D eigenvalue weighted by Crippen LogP contribution is 2.42. The summed E-state index contributed by atoms with van der Waals surface area (Å²) in [5, 5.41) is 0. The number of fused-ring (bicyclic) bond motifs is 2. The molecule has 1 fully saturated rings. The van der Waals surface area contributed by atoms with Gasteiger partial charge in [-0.2, -0.15) is 0 Å². The average molecular weight is 251 g/mol. The van der Waals surface area contributed by atoms with Crippen molar-refractivity contribution in [3.8, 4) is 0 Å². The second kappa shape index (κ2) is 2.94. The van der Waals surface area contributed by atoms with Crippen LogP contribution < -0.4 is 0 Å². The van der Waals surface area contributed by atoms with Gasteiger partial charge in [-0.3, -0.25) is 0 Å². The normalized spacial score (nSPS) is 28.6. The summed E-state index contributed by atoms with van der Waals surface area (Å²) in [7, 11) is 0. The highest BCUT2D eigenvalue weighted by Gasteiger charge is 2.38. The van der Waals surface area contributed by atoms with Crippen molar-refractivity contribution in [1.29, 1.82) is 0 Å². The van der Waals surface area contributed by atoms with E-state index in [1.165, 1.54) is 11.1 Å². The van der Waals surface area contributed by atoms with Crippen LogP contribution in [0, 0.1) is 0 Å². The maximum Gasteiger partial charge on any atom is 0.0598 e. The average Bonchev–Trinajstić information content (AvgIpc) is 2.77. The molecule has 1 aliphatic heterocycles. The molecule has 1 saturated heterocycles. The van der Waals surface area contributed by atoms with E-state index in [1.54, 1.807) is 0 Å². The highest BCUT2D eigenvalue weighted by atomic mass is 79.9. The Hall–Kier alpha value is -0.600. The zero-order valence-electron chi connectivity index (χ0n) is 7.79. The van der Waals surface area contributed by atoms with E-state index in [0.29, 0.717) is 0 Å². The Labute approximate surface area is 91.9 Å². The summed E-state index contributed by atoms with van der Waals surface area (Å²) in [6.45, 7) is 1.73. The molecule has 0 N–H and O–H groups in total. The van der Waals surface area contributed by atoms with Crippen molar-refractivity contribution in [2.75, 3.05) is 13.2 Å². The van der Waals surface area contributed by atoms with E-state index in [0.717, 1.165) is 24.1 Å². The lowest BCUT2D eigenvalue weighted by molar-refractivity contribution is 0.186. The Kier molecular flexibility index (Phi) is 1.83. The van der Waals surface area contributed by atoms with Crippen molar-refractivity contribution < 1.29 is 4.74 Å². The monoisotopic (exact) mass is 250 g/mol. The molecular formula is C12H11BrO. The molecule has 3 rings (SSSR count). The first kappa shape index (κ1) is 8.69. The second-order valence-corrected chi connectivity index (χ2v) is 4.94. The van der Waals surface area contributed by atoms with Crippen molar-refractivity contribution in [2.24, 2.45) is 0 Å². The molecule has 1 aromatic carbocycles. The molecule has 1 aromatic rings. The van der Waals surface area contributed by atoms with Crippen LogP contribution in [0.5, 0.6) is 0 Å². The predicted octanol–water partition coefficient (Wildman–Crippen LogP) is 3.13. The largest absolute Gasteiger partial charge is 0.380 e. The van der Waals surface area contributed by atoms with Gasteiger partial charge in [-0.05, 0) is 29.7 Å². The van der Waals surface area contributed by atoms with Gasteiger partial charge in [0.15, 0.2) is 0 Å². The summed E-state index contributed by atoms with van der Waals surface area (Å²) >= 11 is 3.50. The zero-order valence-corrected chi connectivity index (χ0v) is 9.38. The minimum absolute atomic E-state index is 0.191.